The Morgan fingerprint density at radius 3 is 2.40 bits per heavy atom. The topological polar surface area (TPSA) is 89.9 Å². The summed E-state index contributed by atoms with van der Waals surface area (Å²) in [5.74, 6) is -1.10. The summed E-state index contributed by atoms with van der Waals surface area (Å²) in [5, 5.41) is 21.6. The van der Waals surface area contributed by atoms with E-state index in [2.05, 4.69) is 5.32 Å². The van der Waals surface area contributed by atoms with Crippen molar-refractivity contribution < 1.29 is 19.8 Å². The van der Waals surface area contributed by atoms with Gasteiger partial charge in [0, 0.05) is 19.0 Å². The molecule has 0 aromatic carbocycles. The molecule has 1 heterocycles. The molecular formula is C14H24N2O4. The summed E-state index contributed by atoms with van der Waals surface area (Å²) in [7, 11) is 0. The molecule has 1 saturated heterocycles. The van der Waals surface area contributed by atoms with Crippen molar-refractivity contribution in [3.05, 3.63) is 0 Å². The number of carboxylic acid groups (broad SMARTS) is 1. The van der Waals surface area contributed by atoms with E-state index in [9.17, 15) is 14.7 Å². The zero-order valence-electron chi connectivity index (χ0n) is 11.8. The van der Waals surface area contributed by atoms with Crippen molar-refractivity contribution in [2.24, 2.45) is 0 Å². The van der Waals surface area contributed by atoms with Gasteiger partial charge in [-0.05, 0) is 12.8 Å². The molecule has 0 spiro atoms. The fourth-order valence-electron chi connectivity index (χ4n) is 3.19. The number of carbonyl (C=O) groups excluding carboxylic acids is 1. The van der Waals surface area contributed by atoms with E-state index in [1.165, 1.54) is 12.8 Å². The number of likely N-dealkylation sites (tertiary alicyclic amines) is 1. The van der Waals surface area contributed by atoms with Gasteiger partial charge in [-0.15, -0.1) is 0 Å². The van der Waals surface area contributed by atoms with E-state index >= 15 is 0 Å². The highest BCUT2D eigenvalue weighted by Crippen LogP contribution is 2.19. The van der Waals surface area contributed by atoms with Crippen molar-refractivity contribution in [3.63, 3.8) is 0 Å². The lowest BCUT2D eigenvalue weighted by molar-refractivity contribution is -0.142. The molecule has 0 radical (unpaired) electrons. The number of aliphatic hydroxyl groups is 1. The lowest BCUT2D eigenvalue weighted by Crippen LogP contribution is -2.45. The molecule has 1 aliphatic heterocycles. The zero-order valence-corrected chi connectivity index (χ0v) is 11.8. The molecular weight excluding hydrogens is 260 g/mol. The molecule has 114 valence electrons. The first-order valence-corrected chi connectivity index (χ1v) is 7.50. The second-order valence-corrected chi connectivity index (χ2v) is 5.93. The first kappa shape index (κ1) is 15.3. The second kappa shape index (κ2) is 7.04. The van der Waals surface area contributed by atoms with Crippen molar-refractivity contribution in [3.8, 4) is 0 Å². The third kappa shape index (κ3) is 4.18. The van der Waals surface area contributed by atoms with Crippen molar-refractivity contribution in [1.82, 2.24) is 10.2 Å². The summed E-state index contributed by atoms with van der Waals surface area (Å²) >= 11 is 0. The molecule has 20 heavy (non-hydrogen) atoms. The number of hydrogen-bond donors (Lipinski definition) is 3. The number of aliphatic hydroxyl groups excluding tert-OH is 1. The van der Waals surface area contributed by atoms with Gasteiger partial charge in [0.05, 0.1) is 12.6 Å². The van der Waals surface area contributed by atoms with Crippen LogP contribution in [-0.2, 0) is 9.59 Å². The van der Waals surface area contributed by atoms with E-state index in [0.717, 1.165) is 25.7 Å². The third-order valence-corrected chi connectivity index (χ3v) is 4.23. The summed E-state index contributed by atoms with van der Waals surface area (Å²) in [4.78, 5) is 24.7. The monoisotopic (exact) mass is 284 g/mol. The average molecular weight is 284 g/mol. The van der Waals surface area contributed by atoms with Crippen LogP contribution in [0, 0.1) is 0 Å². The van der Waals surface area contributed by atoms with E-state index in [1.54, 1.807) is 4.90 Å². The Bertz CT molecular complexity index is 353. The molecule has 0 aromatic heterocycles. The first-order chi connectivity index (χ1) is 9.56. The predicted octanol–water partition coefficient (Wildman–Crippen LogP) is 0.345. The first-order valence-electron chi connectivity index (χ1n) is 7.50. The van der Waals surface area contributed by atoms with Crippen LogP contribution in [0.5, 0.6) is 0 Å². The summed E-state index contributed by atoms with van der Waals surface area (Å²) in [6, 6.07) is -0.523. The Balaban J connectivity index is 1.82. The summed E-state index contributed by atoms with van der Waals surface area (Å²) in [5.41, 5.74) is 0. The Kier molecular flexibility index (Phi) is 5.37. The SMILES string of the molecule is O=C(CN1C[C@H](O)C[C@H]1C(=O)O)NC1CCCCCC1. The minimum atomic E-state index is -0.969. The molecule has 3 N–H and O–H groups in total. The highest BCUT2D eigenvalue weighted by molar-refractivity contribution is 5.80. The molecule has 2 aliphatic rings. The molecule has 6 nitrogen and oxygen atoms in total. The van der Waals surface area contributed by atoms with Crippen LogP contribution >= 0.6 is 0 Å². The number of nitrogens with zero attached hydrogens (tertiary/aromatic N) is 1. The van der Waals surface area contributed by atoms with Gasteiger partial charge < -0.3 is 15.5 Å². The van der Waals surface area contributed by atoms with E-state index in [1.807, 2.05) is 0 Å². The highest BCUT2D eigenvalue weighted by atomic mass is 16.4. The van der Waals surface area contributed by atoms with Gasteiger partial charge in [0.1, 0.15) is 6.04 Å². The summed E-state index contributed by atoms with van der Waals surface area (Å²) < 4.78 is 0. The number of rotatable bonds is 4. The van der Waals surface area contributed by atoms with E-state index in [4.69, 9.17) is 5.11 Å². The van der Waals surface area contributed by atoms with Crippen LogP contribution in [-0.4, -0.2) is 58.3 Å². The number of carbonyl (C=O) groups is 2. The van der Waals surface area contributed by atoms with E-state index < -0.39 is 18.1 Å². The van der Waals surface area contributed by atoms with Gasteiger partial charge in [-0.25, -0.2) is 0 Å². The maximum absolute atomic E-state index is 12.0. The molecule has 1 saturated carbocycles. The van der Waals surface area contributed by atoms with Crippen LogP contribution in [0.4, 0.5) is 0 Å². The van der Waals surface area contributed by atoms with Crippen LogP contribution in [0.1, 0.15) is 44.9 Å². The number of aliphatic carboxylic acids is 1. The van der Waals surface area contributed by atoms with Crippen molar-refractivity contribution >= 4 is 11.9 Å². The number of carboxylic acids is 1. The predicted molar refractivity (Wildman–Crippen MR) is 73.3 cm³/mol. The second-order valence-electron chi connectivity index (χ2n) is 5.93. The minimum Gasteiger partial charge on any atom is -0.480 e. The van der Waals surface area contributed by atoms with Gasteiger partial charge in [0.25, 0.3) is 0 Å². The average Bonchev–Trinajstić information content (AvgIpc) is 2.59. The normalized spacial score (nSPS) is 29.1. The Morgan fingerprint density at radius 1 is 1.15 bits per heavy atom. The number of hydrogen-bond acceptors (Lipinski definition) is 4. The fraction of sp³-hybridized carbons (Fsp3) is 0.857. The Hall–Kier alpha value is -1.14. The molecule has 0 aromatic rings. The molecule has 0 unspecified atom stereocenters. The zero-order chi connectivity index (χ0) is 14.5. The molecule has 1 aliphatic carbocycles. The van der Waals surface area contributed by atoms with Gasteiger partial charge in [0.15, 0.2) is 0 Å². The smallest absolute Gasteiger partial charge is 0.321 e. The molecule has 2 fully saturated rings. The number of nitrogens with one attached hydrogen (secondary N) is 1. The quantitative estimate of drug-likeness (QED) is 0.648. The molecule has 6 heteroatoms. The van der Waals surface area contributed by atoms with Crippen molar-refractivity contribution in [2.75, 3.05) is 13.1 Å². The van der Waals surface area contributed by atoms with Crippen molar-refractivity contribution in [1.29, 1.82) is 0 Å². The van der Waals surface area contributed by atoms with Gasteiger partial charge >= 0.3 is 5.97 Å². The highest BCUT2D eigenvalue weighted by Gasteiger charge is 2.36. The van der Waals surface area contributed by atoms with Crippen LogP contribution in [0.25, 0.3) is 0 Å². The third-order valence-electron chi connectivity index (χ3n) is 4.23. The standard InChI is InChI=1S/C14H24N2O4/c17-11-7-12(14(19)20)16(8-11)9-13(18)15-10-5-3-1-2-4-6-10/h10-12,17H,1-9H2,(H,15,18)(H,19,20)/t11-,12+/m1/s1. The lowest BCUT2D eigenvalue weighted by Gasteiger charge is -2.22. The molecule has 1 amide bonds. The van der Waals surface area contributed by atoms with E-state index in [-0.39, 0.29) is 31.5 Å². The number of amides is 1. The maximum atomic E-state index is 12.0. The molecule has 0 bridgehead atoms. The molecule has 2 atom stereocenters. The summed E-state index contributed by atoms with van der Waals surface area (Å²) in [6.07, 6.45) is 6.31. The summed E-state index contributed by atoms with van der Waals surface area (Å²) in [6.45, 7) is 0.319. The van der Waals surface area contributed by atoms with Gasteiger partial charge in [-0.3, -0.25) is 14.5 Å². The van der Waals surface area contributed by atoms with E-state index in [0.29, 0.717) is 0 Å². The van der Waals surface area contributed by atoms with Gasteiger partial charge in [-0.2, -0.15) is 0 Å². The lowest BCUT2D eigenvalue weighted by atomic mass is 10.1. The fourth-order valence-corrected chi connectivity index (χ4v) is 3.19. The van der Waals surface area contributed by atoms with Crippen LogP contribution < -0.4 is 5.32 Å². The van der Waals surface area contributed by atoms with Crippen LogP contribution in [0.2, 0.25) is 0 Å². The maximum Gasteiger partial charge on any atom is 0.321 e. The minimum absolute atomic E-state index is 0.0600. The Labute approximate surface area is 119 Å². The molecule has 2 rings (SSSR count). The van der Waals surface area contributed by atoms with Crippen molar-refractivity contribution in [2.45, 2.75) is 63.1 Å². The number of β-amino-alcohol motifs (C(OH)–C–C–N with tert-alkyl or cyclic N) is 1. The van der Waals surface area contributed by atoms with Gasteiger partial charge in [0.2, 0.25) is 5.91 Å². The van der Waals surface area contributed by atoms with Crippen LogP contribution in [0.3, 0.4) is 0 Å². The largest absolute Gasteiger partial charge is 0.480 e. The van der Waals surface area contributed by atoms with Crippen LogP contribution in [0.15, 0.2) is 0 Å². The Morgan fingerprint density at radius 2 is 1.80 bits per heavy atom. The van der Waals surface area contributed by atoms with Gasteiger partial charge in [-0.1, -0.05) is 25.7 Å².